The maximum absolute atomic E-state index is 5.23. The van der Waals surface area contributed by atoms with Gasteiger partial charge in [-0.3, -0.25) is 0 Å². The van der Waals surface area contributed by atoms with E-state index >= 15 is 0 Å². The Morgan fingerprint density at radius 3 is 1.14 bits per heavy atom. The Balaban J connectivity index is 1.06. The van der Waals surface area contributed by atoms with Crippen LogP contribution in [0.3, 0.4) is 0 Å². The van der Waals surface area contributed by atoms with Crippen LogP contribution in [-0.2, 0) is 0 Å². The molecule has 9 rings (SSSR count). The minimum atomic E-state index is 0.734. The molecule has 0 atom stereocenters. The summed E-state index contributed by atoms with van der Waals surface area (Å²) in [5.41, 5.74) is 13.6. The molecular weight excluding hydrogens is 613 g/mol. The monoisotopic (exact) mass is 642 g/mol. The molecule has 3 heteroatoms. The summed E-state index contributed by atoms with van der Waals surface area (Å²) in [5, 5.41) is 1.16. The van der Waals surface area contributed by atoms with E-state index in [1.165, 1.54) is 43.6 Å². The highest BCUT2D eigenvalue weighted by atomic mass is 32.1. The Morgan fingerprint density at radius 1 is 0.306 bits per heavy atom. The fourth-order valence-electron chi connectivity index (χ4n) is 6.52. The quantitative estimate of drug-likeness (QED) is 0.180. The smallest absolute Gasteiger partial charge is 0.160 e. The molecule has 0 aliphatic rings. The molecule has 2 nitrogen and oxygen atoms in total. The molecule has 49 heavy (non-hydrogen) atoms. The molecule has 0 saturated carbocycles. The summed E-state index contributed by atoms with van der Waals surface area (Å²) < 4.78 is 2.33. The Labute approximate surface area is 289 Å². The van der Waals surface area contributed by atoms with E-state index in [-0.39, 0.29) is 0 Å². The molecule has 0 N–H and O–H groups in total. The zero-order valence-electron chi connectivity index (χ0n) is 26.6. The number of hydrogen-bond donors (Lipinski definition) is 0. The van der Waals surface area contributed by atoms with E-state index in [0.29, 0.717) is 0 Å². The average molecular weight is 643 g/mol. The first-order valence-corrected chi connectivity index (χ1v) is 17.3. The molecule has 0 spiro atoms. The second-order valence-electron chi connectivity index (χ2n) is 12.2. The third kappa shape index (κ3) is 5.61. The third-order valence-electron chi connectivity index (χ3n) is 9.17. The predicted molar refractivity (Wildman–Crippen MR) is 208 cm³/mol. The van der Waals surface area contributed by atoms with Gasteiger partial charge in [-0.05, 0) is 50.6 Å². The van der Waals surface area contributed by atoms with Gasteiger partial charge in [0.1, 0.15) is 0 Å². The van der Waals surface area contributed by atoms with Gasteiger partial charge < -0.3 is 0 Å². The first-order valence-electron chi connectivity index (χ1n) is 16.5. The predicted octanol–water partition coefficient (Wildman–Crippen LogP) is 12.8. The lowest BCUT2D eigenvalue weighted by molar-refractivity contribution is 1.24. The first-order chi connectivity index (χ1) is 24.3. The number of benzene rings is 7. The fourth-order valence-corrected chi connectivity index (χ4v) is 7.67. The lowest BCUT2D eigenvalue weighted by atomic mass is 9.99. The van der Waals surface area contributed by atoms with Crippen LogP contribution < -0.4 is 0 Å². The van der Waals surface area contributed by atoms with E-state index < -0.39 is 0 Å². The van der Waals surface area contributed by atoms with Crippen molar-refractivity contribution in [1.29, 1.82) is 0 Å². The molecule has 2 aromatic heterocycles. The fraction of sp³-hybridized carbons (Fsp3) is 0. The number of aromatic nitrogens is 2. The average Bonchev–Trinajstić information content (AvgIpc) is 3.57. The topological polar surface area (TPSA) is 25.8 Å². The molecule has 230 valence electrons. The summed E-state index contributed by atoms with van der Waals surface area (Å²) in [6, 6.07) is 64.5. The summed E-state index contributed by atoms with van der Waals surface area (Å²) in [4.78, 5) is 10.4. The van der Waals surface area contributed by atoms with Gasteiger partial charge >= 0.3 is 0 Å². The molecule has 0 amide bonds. The molecule has 2 heterocycles. The van der Waals surface area contributed by atoms with Crippen LogP contribution in [0, 0.1) is 0 Å². The van der Waals surface area contributed by atoms with Crippen molar-refractivity contribution in [2.24, 2.45) is 0 Å². The number of fused-ring (bicyclic) bond motifs is 3. The van der Waals surface area contributed by atoms with Crippen LogP contribution in [0.4, 0.5) is 0 Å². The van der Waals surface area contributed by atoms with Crippen molar-refractivity contribution >= 4 is 31.6 Å². The van der Waals surface area contributed by atoms with Crippen molar-refractivity contribution in [3.05, 3.63) is 182 Å². The summed E-state index contributed by atoms with van der Waals surface area (Å²) in [6.45, 7) is 0. The highest BCUT2D eigenvalue weighted by Gasteiger charge is 2.17. The van der Waals surface area contributed by atoms with Gasteiger partial charge in [0.05, 0.1) is 15.9 Å². The van der Waals surface area contributed by atoms with E-state index in [0.717, 1.165) is 43.8 Å². The third-order valence-corrected chi connectivity index (χ3v) is 10.3. The molecule has 7 aromatic carbocycles. The van der Waals surface area contributed by atoms with E-state index in [2.05, 4.69) is 176 Å². The Hall–Kier alpha value is -6.16. The van der Waals surface area contributed by atoms with Gasteiger partial charge in [-0.25, -0.2) is 9.97 Å². The van der Waals surface area contributed by atoms with Gasteiger partial charge in [0.15, 0.2) is 5.82 Å². The van der Waals surface area contributed by atoms with Crippen molar-refractivity contribution in [3.63, 3.8) is 0 Å². The number of thiophene rings is 1. The summed E-state index contributed by atoms with van der Waals surface area (Å²) in [5.74, 6) is 0.734. The van der Waals surface area contributed by atoms with Crippen molar-refractivity contribution in [2.75, 3.05) is 0 Å². The van der Waals surface area contributed by atoms with E-state index in [9.17, 15) is 0 Å². The molecule has 0 saturated heterocycles. The second-order valence-corrected chi connectivity index (χ2v) is 13.3. The summed E-state index contributed by atoms with van der Waals surface area (Å²) in [6.07, 6.45) is 0. The van der Waals surface area contributed by atoms with Gasteiger partial charge in [-0.15, -0.1) is 11.3 Å². The standard InChI is InChI=1S/C46H30N2S/c1-3-9-31(10-4-1)33-15-19-35(20-16-33)37-23-27-39(28-24-37)43-45-44(41-13-7-8-14-42(41)49-45)48-46(47-43)40-29-25-38(26-30-40)36-21-17-34(18-22-36)32-11-5-2-6-12-32/h1-30H. The van der Waals surface area contributed by atoms with Crippen LogP contribution in [0.25, 0.3) is 87.5 Å². The molecule has 0 aliphatic heterocycles. The lowest BCUT2D eigenvalue weighted by Gasteiger charge is -2.10. The van der Waals surface area contributed by atoms with Gasteiger partial charge in [-0.1, -0.05) is 176 Å². The maximum Gasteiger partial charge on any atom is 0.160 e. The van der Waals surface area contributed by atoms with E-state index in [1.54, 1.807) is 11.3 Å². The van der Waals surface area contributed by atoms with Gasteiger partial charge in [-0.2, -0.15) is 0 Å². The van der Waals surface area contributed by atoms with Crippen LogP contribution >= 0.6 is 11.3 Å². The Bertz CT molecular complexity index is 2530. The summed E-state index contributed by atoms with van der Waals surface area (Å²) in [7, 11) is 0. The molecule has 0 radical (unpaired) electrons. The minimum Gasteiger partial charge on any atom is -0.226 e. The van der Waals surface area contributed by atoms with Gasteiger partial charge in [0.25, 0.3) is 0 Å². The Morgan fingerprint density at radius 2 is 0.673 bits per heavy atom. The molecule has 0 unspecified atom stereocenters. The summed E-state index contributed by atoms with van der Waals surface area (Å²) >= 11 is 1.76. The maximum atomic E-state index is 5.23. The Kier molecular flexibility index (Phi) is 7.38. The highest BCUT2D eigenvalue weighted by Crippen LogP contribution is 2.40. The number of rotatable bonds is 6. The number of hydrogen-bond acceptors (Lipinski definition) is 3. The molecular formula is C46H30N2S. The van der Waals surface area contributed by atoms with Gasteiger partial charge in [0, 0.05) is 21.2 Å². The minimum absolute atomic E-state index is 0.734. The van der Waals surface area contributed by atoms with Crippen LogP contribution in [-0.4, -0.2) is 9.97 Å². The van der Waals surface area contributed by atoms with Crippen LogP contribution in [0.1, 0.15) is 0 Å². The van der Waals surface area contributed by atoms with E-state index in [4.69, 9.17) is 9.97 Å². The van der Waals surface area contributed by atoms with E-state index in [1.807, 2.05) is 6.07 Å². The highest BCUT2D eigenvalue weighted by molar-refractivity contribution is 7.26. The van der Waals surface area contributed by atoms with Crippen molar-refractivity contribution < 1.29 is 0 Å². The van der Waals surface area contributed by atoms with Crippen LogP contribution in [0.15, 0.2) is 182 Å². The zero-order chi connectivity index (χ0) is 32.6. The van der Waals surface area contributed by atoms with Crippen molar-refractivity contribution in [3.8, 4) is 67.2 Å². The normalized spacial score (nSPS) is 11.3. The zero-order valence-corrected chi connectivity index (χ0v) is 27.4. The first kappa shape index (κ1) is 29.0. The van der Waals surface area contributed by atoms with Crippen molar-refractivity contribution in [2.45, 2.75) is 0 Å². The van der Waals surface area contributed by atoms with Crippen LogP contribution in [0.2, 0.25) is 0 Å². The van der Waals surface area contributed by atoms with Gasteiger partial charge in [0.2, 0.25) is 0 Å². The molecule has 0 fully saturated rings. The van der Waals surface area contributed by atoms with Crippen molar-refractivity contribution in [1.82, 2.24) is 9.97 Å². The number of nitrogens with zero attached hydrogens (tertiary/aromatic N) is 2. The molecule has 9 aromatic rings. The largest absolute Gasteiger partial charge is 0.226 e. The molecule has 0 aliphatic carbocycles. The van der Waals surface area contributed by atoms with Crippen LogP contribution in [0.5, 0.6) is 0 Å². The second kappa shape index (κ2) is 12.5. The lowest BCUT2D eigenvalue weighted by Crippen LogP contribution is -1.94. The molecule has 0 bridgehead atoms. The SMILES string of the molecule is c1ccc(-c2ccc(-c3ccc(-c4nc(-c5ccc(-c6ccc(-c7ccccc7)cc6)cc5)c5sc6ccccc6c5n4)cc3)cc2)cc1.